The first-order valence-corrected chi connectivity index (χ1v) is 6.00. The van der Waals surface area contributed by atoms with Crippen LogP contribution >= 0.6 is 0 Å². The smallest absolute Gasteiger partial charge is 0.128 e. The lowest BCUT2D eigenvalue weighted by atomic mass is 10.1. The van der Waals surface area contributed by atoms with E-state index in [9.17, 15) is 0 Å². The van der Waals surface area contributed by atoms with E-state index in [-0.39, 0.29) is 0 Å². The van der Waals surface area contributed by atoms with Gasteiger partial charge in [-0.15, -0.1) is 0 Å². The Kier molecular flexibility index (Phi) is 4.33. The van der Waals surface area contributed by atoms with Crippen LogP contribution in [-0.4, -0.2) is 11.2 Å². The van der Waals surface area contributed by atoms with Gasteiger partial charge in [0, 0.05) is 18.2 Å². The van der Waals surface area contributed by atoms with Crippen LogP contribution in [0.2, 0.25) is 0 Å². The molecule has 2 rings (SSSR count). The summed E-state index contributed by atoms with van der Waals surface area (Å²) in [5, 5.41) is 7.13. The van der Waals surface area contributed by atoms with E-state index in [1.54, 1.807) is 12.5 Å². The third-order valence-corrected chi connectivity index (χ3v) is 2.85. The van der Waals surface area contributed by atoms with E-state index in [1.165, 1.54) is 5.56 Å². The monoisotopic (exact) mass is 230 g/mol. The lowest BCUT2D eigenvalue weighted by molar-refractivity contribution is 0.418. The molecule has 1 aromatic carbocycles. The molecular formula is C14H18N2O. The number of nitrogens with zero attached hydrogens (tertiary/aromatic N) is 1. The Labute approximate surface area is 102 Å². The van der Waals surface area contributed by atoms with Crippen molar-refractivity contribution in [2.45, 2.75) is 32.4 Å². The van der Waals surface area contributed by atoms with Crippen molar-refractivity contribution < 1.29 is 4.52 Å². The topological polar surface area (TPSA) is 38.1 Å². The zero-order valence-electron chi connectivity index (χ0n) is 10.1. The van der Waals surface area contributed by atoms with Crippen LogP contribution < -0.4 is 5.32 Å². The van der Waals surface area contributed by atoms with Gasteiger partial charge in [-0.05, 0) is 25.3 Å². The van der Waals surface area contributed by atoms with Crippen LogP contribution in [0.3, 0.4) is 0 Å². The first kappa shape index (κ1) is 11.9. The molecule has 0 aliphatic carbocycles. The molecule has 1 unspecified atom stereocenters. The maximum atomic E-state index is 4.79. The lowest BCUT2D eigenvalue weighted by Crippen LogP contribution is -2.25. The molecule has 0 fully saturated rings. The third-order valence-electron chi connectivity index (χ3n) is 2.85. The van der Waals surface area contributed by atoms with Crippen molar-refractivity contribution >= 4 is 0 Å². The molecule has 17 heavy (non-hydrogen) atoms. The van der Waals surface area contributed by atoms with Gasteiger partial charge >= 0.3 is 0 Å². The first-order valence-electron chi connectivity index (χ1n) is 6.00. The van der Waals surface area contributed by atoms with Crippen LogP contribution in [0.15, 0.2) is 47.3 Å². The van der Waals surface area contributed by atoms with Gasteiger partial charge in [0.15, 0.2) is 0 Å². The van der Waals surface area contributed by atoms with E-state index < -0.39 is 0 Å². The number of nitrogens with one attached hydrogen (secondary N) is 1. The molecule has 0 saturated carbocycles. The molecule has 3 heteroatoms. The van der Waals surface area contributed by atoms with Crippen molar-refractivity contribution in [1.29, 1.82) is 0 Å². The molecule has 1 heterocycles. The van der Waals surface area contributed by atoms with Crippen molar-refractivity contribution in [3.8, 4) is 0 Å². The minimum Gasteiger partial charge on any atom is -0.364 e. The molecule has 0 saturated heterocycles. The Hall–Kier alpha value is -1.61. The van der Waals surface area contributed by atoms with Gasteiger partial charge in [0.1, 0.15) is 6.26 Å². The van der Waals surface area contributed by atoms with Gasteiger partial charge in [0.2, 0.25) is 0 Å². The number of hydrogen-bond donors (Lipinski definition) is 1. The summed E-state index contributed by atoms with van der Waals surface area (Å²) in [6, 6.07) is 11.1. The van der Waals surface area contributed by atoms with E-state index in [0.717, 1.165) is 24.9 Å². The van der Waals surface area contributed by atoms with Crippen molar-refractivity contribution in [3.05, 3.63) is 53.9 Å². The second-order valence-corrected chi connectivity index (χ2v) is 4.34. The third kappa shape index (κ3) is 4.04. The Morgan fingerprint density at radius 2 is 2.06 bits per heavy atom. The highest BCUT2D eigenvalue weighted by molar-refractivity contribution is 5.14. The van der Waals surface area contributed by atoms with Gasteiger partial charge in [0.05, 0.1) is 6.20 Å². The zero-order valence-corrected chi connectivity index (χ0v) is 10.1. The Balaban J connectivity index is 1.69. The molecule has 0 aliphatic heterocycles. The van der Waals surface area contributed by atoms with Crippen LogP contribution in [0.4, 0.5) is 0 Å². The summed E-state index contributed by atoms with van der Waals surface area (Å²) < 4.78 is 4.79. The van der Waals surface area contributed by atoms with Gasteiger partial charge < -0.3 is 9.84 Å². The van der Waals surface area contributed by atoms with E-state index in [0.29, 0.717) is 6.04 Å². The van der Waals surface area contributed by atoms with Gasteiger partial charge in [-0.2, -0.15) is 0 Å². The van der Waals surface area contributed by atoms with Crippen LogP contribution in [-0.2, 0) is 13.0 Å². The quantitative estimate of drug-likeness (QED) is 0.829. The van der Waals surface area contributed by atoms with E-state index in [1.807, 2.05) is 0 Å². The Morgan fingerprint density at radius 1 is 1.24 bits per heavy atom. The summed E-state index contributed by atoms with van der Waals surface area (Å²) in [6.07, 6.45) is 5.67. The van der Waals surface area contributed by atoms with Crippen molar-refractivity contribution in [1.82, 2.24) is 10.5 Å². The Morgan fingerprint density at radius 3 is 2.76 bits per heavy atom. The number of aryl methyl sites for hydroxylation is 1. The summed E-state index contributed by atoms with van der Waals surface area (Å²) in [6.45, 7) is 3.02. The number of rotatable bonds is 6. The summed E-state index contributed by atoms with van der Waals surface area (Å²) in [7, 11) is 0. The maximum Gasteiger partial charge on any atom is 0.128 e. The number of benzene rings is 1. The zero-order chi connectivity index (χ0) is 11.9. The summed E-state index contributed by atoms with van der Waals surface area (Å²) in [5.74, 6) is 0. The molecular weight excluding hydrogens is 212 g/mol. The van der Waals surface area contributed by atoms with E-state index >= 15 is 0 Å². The molecule has 0 amide bonds. The summed E-state index contributed by atoms with van der Waals surface area (Å²) in [5.41, 5.74) is 2.49. The van der Waals surface area contributed by atoms with Gasteiger partial charge in [-0.3, -0.25) is 0 Å². The minimum atomic E-state index is 0.491. The highest BCUT2D eigenvalue weighted by atomic mass is 16.5. The average molecular weight is 230 g/mol. The minimum absolute atomic E-state index is 0.491. The molecule has 0 aliphatic rings. The van der Waals surface area contributed by atoms with Crippen LogP contribution in [0.25, 0.3) is 0 Å². The molecule has 2 aromatic rings. The maximum absolute atomic E-state index is 4.79. The van der Waals surface area contributed by atoms with Gasteiger partial charge in [-0.1, -0.05) is 35.5 Å². The largest absolute Gasteiger partial charge is 0.364 e. The summed E-state index contributed by atoms with van der Waals surface area (Å²) in [4.78, 5) is 0. The fraction of sp³-hybridized carbons (Fsp3) is 0.357. The number of hydrogen-bond acceptors (Lipinski definition) is 3. The average Bonchev–Trinajstić information content (AvgIpc) is 2.88. The predicted octanol–water partition coefficient (Wildman–Crippen LogP) is 2.79. The lowest BCUT2D eigenvalue weighted by Gasteiger charge is -2.12. The van der Waals surface area contributed by atoms with Gasteiger partial charge in [0.25, 0.3) is 0 Å². The normalized spacial score (nSPS) is 12.5. The second kappa shape index (κ2) is 6.21. The van der Waals surface area contributed by atoms with E-state index in [4.69, 9.17) is 4.52 Å². The molecule has 1 N–H and O–H groups in total. The highest BCUT2D eigenvalue weighted by Crippen LogP contribution is 2.05. The standard InChI is InChI=1S/C14H18N2O/c1-12(15-9-14-10-16-17-11-14)7-8-13-5-3-2-4-6-13/h2-6,10-12,15H,7-9H2,1H3. The molecule has 3 nitrogen and oxygen atoms in total. The number of aromatic nitrogens is 1. The first-order chi connectivity index (χ1) is 8.34. The molecule has 0 spiro atoms. The van der Waals surface area contributed by atoms with Crippen LogP contribution in [0.1, 0.15) is 24.5 Å². The molecule has 0 radical (unpaired) electrons. The highest BCUT2D eigenvalue weighted by Gasteiger charge is 2.03. The van der Waals surface area contributed by atoms with Crippen LogP contribution in [0.5, 0.6) is 0 Å². The van der Waals surface area contributed by atoms with Crippen LogP contribution in [0, 0.1) is 0 Å². The van der Waals surface area contributed by atoms with Gasteiger partial charge in [-0.25, -0.2) is 0 Å². The molecule has 1 atom stereocenters. The fourth-order valence-corrected chi connectivity index (χ4v) is 1.74. The SMILES string of the molecule is CC(CCc1ccccc1)NCc1cnoc1. The van der Waals surface area contributed by atoms with Crippen molar-refractivity contribution in [2.24, 2.45) is 0 Å². The van der Waals surface area contributed by atoms with E-state index in [2.05, 4.69) is 47.7 Å². The van der Waals surface area contributed by atoms with Crippen molar-refractivity contribution in [2.75, 3.05) is 0 Å². The van der Waals surface area contributed by atoms with Crippen molar-refractivity contribution in [3.63, 3.8) is 0 Å². The summed E-state index contributed by atoms with van der Waals surface area (Å²) >= 11 is 0. The Bertz CT molecular complexity index is 411. The predicted molar refractivity (Wildman–Crippen MR) is 67.6 cm³/mol. The fourth-order valence-electron chi connectivity index (χ4n) is 1.74. The molecule has 90 valence electrons. The second-order valence-electron chi connectivity index (χ2n) is 4.34. The molecule has 0 bridgehead atoms. The molecule has 1 aromatic heterocycles.